The van der Waals surface area contributed by atoms with Crippen molar-refractivity contribution in [3.05, 3.63) is 54.1 Å². The van der Waals surface area contributed by atoms with E-state index in [1.807, 2.05) is 38.1 Å². The highest BCUT2D eigenvalue weighted by Gasteiger charge is 2.30. The summed E-state index contributed by atoms with van der Waals surface area (Å²) in [6.07, 6.45) is 3.53. The molecule has 2 aromatic rings. The fourth-order valence-corrected chi connectivity index (χ4v) is 2.90. The van der Waals surface area contributed by atoms with Crippen LogP contribution in [0.4, 0.5) is 5.69 Å². The van der Waals surface area contributed by atoms with Gasteiger partial charge in [-0.3, -0.25) is 9.59 Å². The smallest absolute Gasteiger partial charge is 0.252 e. The quantitative estimate of drug-likeness (QED) is 0.244. The lowest BCUT2D eigenvalue weighted by atomic mass is 9.94. The van der Waals surface area contributed by atoms with Crippen molar-refractivity contribution in [1.29, 1.82) is 0 Å². The van der Waals surface area contributed by atoms with Gasteiger partial charge in [0.25, 0.3) is 5.91 Å². The maximum atomic E-state index is 12.7. The Morgan fingerprint density at radius 3 is 2.42 bits per heavy atom. The maximum Gasteiger partial charge on any atom is 0.252 e. The number of hydrazone groups is 1. The number of hydrogen-bond acceptors (Lipinski definition) is 5. The average Bonchev–Trinajstić information content (AvgIpc) is 2.75. The normalized spacial score (nSPS) is 11.9. The Kier molecular flexibility index (Phi) is 9.55. The van der Waals surface area contributed by atoms with Gasteiger partial charge in [-0.2, -0.15) is 5.10 Å². The molecular formula is C24H31N3O4. The van der Waals surface area contributed by atoms with Crippen molar-refractivity contribution in [2.45, 2.75) is 33.6 Å². The van der Waals surface area contributed by atoms with Gasteiger partial charge in [0, 0.05) is 11.3 Å². The van der Waals surface area contributed by atoms with Crippen LogP contribution >= 0.6 is 0 Å². The lowest BCUT2D eigenvalue weighted by molar-refractivity contribution is -0.134. The number of carbonyl (C=O) groups excluding carboxylic acids is 2. The largest absolute Gasteiger partial charge is 0.497 e. The zero-order chi connectivity index (χ0) is 22.6. The number of rotatable bonds is 11. The molecule has 2 aromatic carbocycles. The van der Waals surface area contributed by atoms with Gasteiger partial charge in [0.2, 0.25) is 5.91 Å². The molecule has 0 bridgehead atoms. The monoisotopic (exact) mass is 425 g/mol. The van der Waals surface area contributed by atoms with Crippen molar-refractivity contribution in [1.82, 2.24) is 5.43 Å². The molecule has 2 amide bonds. The van der Waals surface area contributed by atoms with Crippen LogP contribution in [0.25, 0.3) is 0 Å². The van der Waals surface area contributed by atoms with Crippen LogP contribution in [0.1, 0.15) is 39.2 Å². The first-order valence-corrected chi connectivity index (χ1v) is 10.5. The molecule has 0 saturated heterocycles. The van der Waals surface area contributed by atoms with E-state index >= 15 is 0 Å². The molecule has 0 heterocycles. The summed E-state index contributed by atoms with van der Waals surface area (Å²) in [5, 5.41) is 6.82. The molecular weight excluding hydrogens is 394 g/mol. The van der Waals surface area contributed by atoms with Gasteiger partial charge >= 0.3 is 0 Å². The van der Waals surface area contributed by atoms with Crippen molar-refractivity contribution in [3.8, 4) is 11.5 Å². The Labute approximate surface area is 183 Å². The number of benzene rings is 2. The SMILES string of the molecule is CCCCOc1ccccc1C=NNC(=O)C(C(=O)Nc1ccc(OC)cc1)C(C)C. The van der Waals surface area contributed by atoms with Crippen molar-refractivity contribution in [3.63, 3.8) is 0 Å². The predicted molar refractivity (Wildman–Crippen MR) is 123 cm³/mol. The van der Waals surface area contributed by atoms with E-state index in [9.17, 15) is 9.59 Å². The van der Waals surface area contributed by atoms with Crippen molar-refractivity contribution >= 4 is 23.7 Å². The van der Waals surface area contributed by atoms with Crippen LogP contribution in [0.5, 0.6) is 11.5 Å². The molecule has 2 N–H and O–H groups in total. The zero-order valence-corrected chi connectivity index (χ0v) is 18.6. The Morgan fingerprint density at radius 2 is 1.77 bits per heavy atom. The summed E-state index contributed by atoms with van der Waals surface area (Å²) in [4.78, 5) is 25.4. The number of carbonyl (C=O) groups is 2. The van der Waals surface area contributed by atoms with Gasteiger partial charge in [0.05, 0.1) is 19.9 Å². The molecule has 1 atom stereocenters. The summed E-state index contributed by atoms with van der Waals surface area (Å²) in [5.41, 5.74) is 3.83. The summed E-state index contributed by atoms with van der Waals surface area (Å²) in [6, 6.07) is 14.4. The number of nitrogens with one attached hydrogen (secondary N) is 2. The molecule has 0 aliphatic heterocycles. The second-order valence-electron chi connectivity index (χ2n) is 7.41. The third kappa shape index (κ3) is 7.44. The van der Waals surface area contributed by atoms with Gasteiger partial charge in [-0.1, -0.05) is 39.3 Å². The first kappa shape index (κ1) is 23.9. The van der Waals surface area contributed by atoms with Crippen LogP contribution in [-0.4, -0.2) is 31.7 Å². The third-order valence-electron chi connectivity index (χ3n) is 4.64. The molecule has 0 fully saturated rings. The van der Waals surface area contributed by atoms with E-state index < -0.39 is 17.7 Å². The van der Waals surface area contributed by atoms with E-state index in [1.165, 1.54) is 6.21 Å². The lowest BCUT2D eigenvalue weighted by Crippen LogP contribution is -2.39. The van der Waals surface area contributed by atoms with Gasteiger partial charge in [-0.15, -0.1) is 0 Å². The Morgan fingerprint density at radius 1 is 1.06 bits per heavy atom. The summed E-state index contributed by atoms with van der Waals surface area (Å²) in [6.45, 7) is 6.35. The molecule has 1 unspecified atom stereocenters. The van der Waals surface area contributed by atoms with E-state index in [0.29, 0.717) is 23.8 Å². The molecule has 2 rings (SSSR count). The standard InChI is InChI=1S/C24H31N3O4/c1-5-6-15-31-21-10-8-7-9-18(21)16-25-27-24(29)22(17(2)3)23(28)26-19-11-13-20(30-4)14-12-19/h7-14,16-17,22H,5-6,15H2,1-4H3,(H,26,28)(H,27,29). The topological polar surface area (TPSA) is 89.0 Å². The van der Waals surface area contributed by atoms with Gasteiger partial charge in [0.1, 0.15) is 17.4 Å². The number of unbranched alkanes of at least 4 members (excludes halogenated alkanes) is 1. The van der Waals surface area contributed by atoms with E-state index in [4.69, 9.17) is 9.47 Å². The Hall–Kier alpha value is -3.35. The van der Waals surface area contributed by atoms with Crippen LogP contribution in [0.2, 0.25) is 0 Å². The first-order valence-electron chi connectivity index (χ1n) is 10.5. The summed E-state index contributed by atoms with van der Waals surface area (Å²) in [7, 11) is 1.57. The second-order valence-corrected chi connectivity index (χ2v) is 7.41. The van der Waals surface area contributed by atoms with E-state index in [1.54, 1.807) is 31.4 Å². The molecule has 0 aromatic heterocycles. The number of amides is 2. The minimum Gasteiger partial charge on any atom is -0.497 e. The average molecular weight is 426 g/mol. The lowest BCUT2D eigenvalue weighted by Gasteiger charge is -2.18. The molecule has 0 spiro atoms. The number of methoxy groups -OCH3 is 1. The number of anilines is 1. The van der Waals surface area contributed by atoms with Crippen molar-refractivity contribution in [2.75, 3.05) is 19.0 Å². The third-order valence-corrected chi connectivity index (χ3v) is 4.64. The summed E-state index contributed by atoms with van der Waals surface area (Å²) >= 11 is 0. The van der Waals surface area contributed by atoms with Crippen molar-refractivity contribution < 1.29 is 19.1 Å². The molecule has 0 aliphatic carbocycles. The molecule has 7 heteroatoms. The highest BCUT2D eigenvalue weighted by Crippen LogP contribution is 2.19. The van der Waals surface area contributed by atoms with Crippen LogP contribution in [0, 0.1) is 11.8 Å². The summed E-state index contributed by atoms with van der Waals surface area (Å²) < 4.78 is 10.9. The first-order chi connectivity index (χ1) is 15.0. The van der Waals surface area contributed by atoms with E-state index in [0.717, 1.165) is 18.4 Å². The van der Waals surface area contributed by atoms with Crippen LogP contribution in [0.3, 0.4) is 0 Å². The fourth-order valence-electron chi connectivity index (χ4n) is 2.90. The molecule has 0 saturated carbocycles. The minimum absolute atomic E-state index is 0.210. The van der Waals surface area contributed by atoms with Gasteiger partial charge in [0.15, 0.2) is 0 Å². The second kappa shape index (κ2) is 12.4. The summed E-state index contributed by atoms with van der Waals surface area (Å²) in [5.74, 6) is -0.581. The van der Waals surface area contributed by atoms with Gasteiger partial charge < -0.3 is 14.8 Å². The fraction of sp³-hybridized carbons (Fsp3) is 0.375. The molecule has 166 valence electrons. The predicted octanol–water partition coefficient (Wildman–Crippen LogP) is 4.24. The van der Waals surface area contributed by atoms with Crippen LogP contribution in [0.15, 0.2) is 53.6 Å². The minimum atomic E-state index is -0.893. The number of nitrogens with zero attached hydrogens (tertiary/aromatic N) is 1. The highest BCUT2D eigenvalue weighted by molar-refractivity contribution is 6.06. The Balaban J connectivity index is 2.01. The molecule has 0 radical (unpaired) electrons. The van der Waals surface area contributed by atoms with Gasteiger partial charge in [-0.05, 0) is 48.7 Å². The van der Waals surface area contributed by atoms with Crippen LogP contribution in [-0.2, 0) is 9.59 Å². The maximum absolute atomic E-state index is 12.7. The van der Waals surface area contributed by atoms with E-state index in [2.05, 4.69) is 22.8 Å². The van der Waals surface area contributed by atoms with Crippen molar-refractivity contribution in [2.24, 2.45) is 16.9 Å². The molecule has 0 aliphatic rings. The van der Waals surface area contributed by atoms with E-state index in [-0.39, 0.29) is 5.92 Å². The van der Waals surface area contributed by atoms with Gasteiger partial charge in [-0.25, -0.2) is 5.43 Å². The number of hydrogen-bond donors (Lipinski definition) is 2. The Bertz CT molecular complexity index is 879. The zero-order valence-electron chi connectivity index (χ0n) is 18.6. The molecule has 7 nitrogen and oxygen atoms in total. The number of ether oxygens (including phenoxy) is 2. The molecule has 31 heavy (non-hydrogen) atoms. The van der Waals surface area contributed by atoms with Crippen LogP contribution < -0.4 is 20.2 Å². The highest BCUT2D eigenvalue weighted by atomic mass is 16.5. The number of para-hydroxylation sites is 1.